The van der Waals surface area contributed by atoms with Crippen LogP contribution in [0.5, 0.6) is 5.75 Å². The normalized spacial score (nSPS) is 12.4. The number of ether oxygens (including phenoxy) is 1. The molecule has 0 radical (unpaired) electrons. The van der Waals surface area contributed by atoms with E-state index in [1.807, 2.05) is 27.0 Å². The molecule has 2 rings (SSSR count). The van der Waals surface area contributed by atoms with E-state index in [1.54, 1.807) is 0 Å². The first kappa shape index (κ1) is 14.6. The van der Waals surface area contributed by atoms with Gasteiger partial charge in [-0.15, -0.1) is 0 Å². The van der Waals surface area contributed by atoms with Gasteiger partial charge in [0.15, 0.2) is 0 Å². The van der Waals surface area contributed by atoms with Crippen molar-refractivity contribution < 1.29 is 9.26 Å². The third kappa shape index (κ3) is 3.02. The number of benzene rings is 1. The van der Waals surface area contributed by atoms with Crippen LogP contribution in [0.1, 0.15) is 41.1 Å². The molecule has 1 N–H and O–H groups in total. The summed E-state index contributed by atoms with van der Waals surface area (Å²) in [6.45, 7) is 8.53. The van der Waals surface area contributed by atoms with Gasteiger partial charge in [0.05, 0.1) is 11.3 Å². The van der Waals surface area contributed by atoms with Crippen LogP contribution in [-0.2, 0) is 6.61 Å². The summed E-state index contributed by atoms with van der Waals surface area (Å²) in [5, 5.41) is 7.20. The fraction of sp³-hybridized carbons (Fsp3) is 0.438. The monoisotopic (exact) mass is 274 g/mol. The minimum atomic E-state index is 0.245. The second kappa shape index (κ2) is 6.09. The average Bonchev–Trinajstić information content (AvgIpc) is 2.76. The molecule has 0 saturated heterocycles. The molecule has 0 aliphatic heterocycles. The summed E-state index contributed by atoms with van der Waals surface area (Å²) in [5.74, 6) is 1.72. The molecule has 1 unspecified atom stereocenters. The molecule has 2 aromatic rings. The second-order valence-corrected chi connectivity index (χ2v) is 5.14. The Bertz CT molecular complexity index is 571. The van der Waals surface area contributed by atoms with Crippen LogP contribution in [0.3, 0.4) is 0 Å². The lowest BCUT2D eigenvalue weighted by Gasteiger charge is -2.17. The molecule has 1 aromatic heterocycles. The number of hydrogen-bond acceptors (Lipinski definition) is 4. The van der Waals surface area contributed by atoms with E-state index < -0.39 is 0 Å². The number of hydrogen-bond donors (Lipinski definition) is 1. The fourth-order valence-corrected chi connectivity index (χ4v) is 2.15. The molecule has 0 saturated carbocycles. The van der Waals surface area contributed by atoms with Gasteiger partial charge in [-0.05, 0) is 40.8 Å². The van der Waals surface area contributed by atoms with E-state index in [-0.39, 0.29) is 6.04 Å². The predicted molar refractivity (Wildman–Crippen MR) is 79.0 cm³/mol. The van der Waals surface area contributed by atoms with Crippen LogP contribution in [0.2, 0.25) is 0 Å². The van der Waals surface area contributed by atoms with E-state index in [4.69, 9.17) is 9.26 Å². The summed E-state index contributed by atoms with van der Waals surface area (Å²) in [5.41, 5.74) is 4.30. The van der Waals surface area contributed by atoms with Crippen LogP contribution in [0.25, 0.3) is 0 Å². The van der Waals surface area contributed by atoms with Gasteiger partial charge in [-0.3, -0.25) is 0 Å². The molecule has 108 valence electrons. The summed E-state index contributed by atoms with van der Waals surface area (Å²) < 4.78 is 11.1. The van der Waals surface area contributed by atoms with Crippen molar-refractivity contribution in [1.82, 2.24) is 10.5 Å². The zero-order valence-electron chi connectivity index (χ0n) is 12.8. The maximum absolute atomic E-state index is 5.98. The molecule has 1 aromatic carbocycles. The lowest BCUT2D eigenvalue weighted by Crippen LogP contribution is -2.14. The van der Waals surface area contributed by atoms with Gasteiger partial charge in [-0.2, -0.15) is 0 Å². The number of nitrogens with one attached hydrogen (secondary N) is 1. The van der Waals surface area contributed by atoms with Gasteiger partial charge in [0.2, 0.25) is 0 Å². The van der Waals surface area contributed by atoms with Crippen molar-refractivity contribution in [1.29, 1.82) is 0 Å². The topological polar surface area (TPSA) is 47.3 Å². The predicted octanol–water partition coefficient (Wildman–Crippen LogP) is 3.46. The Balaban J connectivity index is 2.21. The van der Waals surface area contributed by atoms with Crippen LogP contribution in [0.4, 0.5) is 0 Å². The Kier molecular flexibility index (Phi) is 4.45. The zero-order valence-corrected chi connectivity index (χ0v) is 12.8. The van der Waals surface area contributed by atoms with Crippen LogP contribution >= 0.6 is 0 Å². The Hall–Kier alpha value is -1.81. The maximum Gasteiger partial charge on any atom is 0.140 e. The van der Waals surface area contributed by atoms with Crippen molar-refractivity contribution >= 4 is 0 Å². The highest BCUT2D eigenvalue weighted by Gasteiger charge is 2.13. The van der Waals surface area contributed by atoms with Crippen molar-refractivity contribution in [2.24, 2.45) is 0 Å². The standard InChI is InChI=1S/C16H22N2O2/c1-10-6-7-16(14(8-10)11(2)17-5)19-9-15-12(3)18-20-13(15)4/h6-8,11,17H,9H2,1-5H3. The first-order valence-corrected chi connectivity index (χ1v) is 6.85. The highest BCUT2D eigenvalue weighted by Crippen LogP contribution is 2.27. The van der Waals surface area contributed by atoms with E-state index in [9.17, 15) is 0 Å². The molecule has 0 aliphatic rings. The molecule has 0 aliphatic carbocycles. The van der Waals surface area contributed by atoms with Crippen molar-refractivity contribution in [2.45, 2.75) is 40.3 Å². The molecular weight excluding hydrogens is 252 g/mol. The first-order chi connectivity index (χ1) is 9.52. The first-order valence-electron chi connectivity index (χ1n) is 6.85. The quantitative estimate of drug-likeness (QED) is 0.907. The van der Waals surface area contributed by atoms with E-state index in [1.165, 1.54) is 11.1 Å². The third-order valence-corrected chi connectivity index (χ3v) is 3.62. The van der Waals surface area contributed by atoms with Crippen molar-refractivity contribution in [3.63, 3.8) is 0 Å². The highest BCUT2D eigenvalue weighted by atomic mass is 16.5. The number of aryl methyl sites for hydroxylation is 3. The zero-order chi connectivity index (χ0) is 14.7. The molecule has 1 heterocycles. The van der Waals surface area contributed by atoms with E-state index >= 15 is 0 Å². The van der Waals surface area contributed by atoms with Crippen LogP contribution in [0.15, 0.2) is 22.7 Å². The molecule has 4 nitrogen and oxygen atoms in total. The molecule has 20 heavy (non-hydrogen) atoms. The summed E-state index contributed by atoms with van der Waals surface area (Å²) in [7, 11) is 1.95. The molecular formula is C16H22N2O2. The van der Waals surface area contributed by atoms with Gasteiger partial charge in [-0.25, -0.2) is 0 Å². The summed E-state index contributed by atoms with van der Waals surface area (Å²) >= 11 is 0. The van der Waals surface area contributed by atoms with Gasteiger partial charge in [0, 0.05) is 11.6 Å². The molecule has 4 heteroatoms. The van der Waals surface area contributed by atoms with E-state index in [2.05, 4.69) is 36.5 Å². The van der Waals surface area contributed by atoms with Gasteiger partial charge >= 0.3 is 0 Å². The summed E-state index contributed by atoms with van der Waals surface area (Å²) in [4.78, 5) is 0. The Morgan fingerprint density at radius 1 is 1.30 bits per heavy atom. The lowest BCUT2D eigenvalue weighted by molar-refractivity contribution is 0.296. The van der Waals surface area contributed by atoms with Gasteiger partial charge in [-0.1, -0.05) is 22.9 Å². The van der Waals surface area contributed by atoms with Gasteiger partial charge in [0.1, 0.15) is 18.1 Å². The SMILES string of the molecule is CNC(C)c1cc(C)ccc1OCc1c(C)noc1C. The number of rotatable bonds is 5. The molecule has 0 bridgehead atoms. The number of aromatic nitrogens is 1. The molecule has 0 spiro atoms. The highest BCUT2D eigenvalue weighted by molar-refractivity contribution is 5.39. The largest absolute Gasteiger partial charge is 0.488 e. The summed E-state index contributed by atoms with van der Waals surface area (Å²) in [6, 6.07) is 6.49. The fourth-order valence-electron chi connectivity index (χ4n) is 2.15. The maximum atomic E-state index is 5.98. The Morgan fingerprint density at radius 2 is 2.05 bits per heavy atom. The van der Waals surface area contributed by atoms with Gasteiger partial charge in [0.25, 0.3) is 0 Å². The van der Waals surface area contributed by atoms with E-state index in [0.717, 1.165) is 22.8 Å². The molecule has 1 atom stereocenters. The smallest absolute Gasteiger partial charge is 0.140 e. The molecule has 0 fully saturated rings. The van der Waals surface area contributed by atoms with Crippen molar-refractivity contribution in [2.75, 3.05) is 7.05 Å². The molecule has 0 amide bonds. The second-order valence-electron chi connectivity index (χ2n) is 5.14. The Labute approximate surface area is 120 Å². The third-order valence-electron chi connectivity index (χ3n) is 3.62. The lowest BCUT2D eigenvalue weighted by atomic mass is 10.0. The van der Waals surface area contributed by atoms with Crippen LogP contribution < -0.4 is 10.1 Å². The van der Waals surface area contributed by atoms with E-state index in [0.29, 0.717) is 6.61 Å². The Morgan fingerprint density at radius 3 is 2.65 bits per heavy atom. The van der Waals surface area contributed by atoms with Crippen molar-refractivity contribution in [3.8, 4) is 5.75 Å². The van der Waals surface area contributed by atoms with Crippen molar-refractivity contribution in [3.05, 3.63) is 46.3 Å². The van der Waals surface area contributed by atoms with Gasteiger partial charge < -0.3 is 14.6 Å². The average molecular weight is 274 g/mol. The van der Waals surface area contributed by atoms with Crippen LogP contribution in [-0.4, -0.2) is 12.2 Å². The summed E-state index contributed by atoms with van der Waals surface area (Å²) in [6.07, 6.45) is 0. The number of nitrogens with zero attached hydrogens (tertiary/aromatic N) is 1. The minimum Gasteiger partial charge on any atom is -0.488 e. The van der Waals surface area contributed by atoms with Crippen LogP contribution in [0, 0.1) is 20.8 Å². The minimum absolute atomic E-state index is 0.245.